The zero-order valence-electron chi connectivity index (χ0n) is 26.9. The van der Waals surface area contributed by atoms with E-state index in [-0.39, 0.29) is 6.79 Å². The number of ether oxygens (including phenoxy) is 3. The second-order valence-electron chi connectivity index (χ2n) is 11.8. The second kappa shape index (κ2) is 14.1. The van der Waals surface area contributed by atoms with Crippen LogP contribution in [0, 0.1) is 0 Å². The number of rotatable bonds is 13. The van der Waals surface area contributed by atoms with Crippen molar-refractivity contribution in [3.63, 3.8) is 0 Å². The lowest BCUT2D eigenvalue weighted by atomic mass is 10.1. The van der Waals surface area contributed by atoms with Gasteiger partial charge < -0.3 is 18.8 Å². The zero-order chi connectivity index (χ0) is 32.0. The largest absolute Gasteiger partial charge is 0.477 e. The van der Waals surface area contributed by atoms with Crippen molar-refractivity contribution in [1.29, 1.82) is 0 Å². The first-order valence-electron chi connectivity index (χ1n) is 16.4. The number of benzene rings is 4. The van der Waals surface area contributed by atoms with Gasteiger partial charge in [0.25, 0.3) is 0 Å². The van der Waals surface area contributed by atoms with Crippen molar-refractivity contribution in [2.75, 3.05) is 13.4 Å². The summed E-state index contributed by atoms with van der Waals surface area (Å²) >= 11 is 0. The van der Waals surface area contributed by atoms with Gasteiger partial charge in [0, 0.05) is 37.3 Å². The summed E-state index contributed by atoms with van der Waals surface area (Å²) in [4.78, 5) is 16.8. The first-order chi connectivity index (χ1) is 23.2. The van der Waals surface area contributed by atoms with E-state index in [1.165, 1.54) is 5.69 Å². The number of hydrogen-bond acceptors (Lipinski definition) is 7. The van der Waals surface area contributed by atoms with Gasteiger partial charge in [0.15, 0.2) is 11.5 Å². The predicted molar refractivity (Wildman–Crippen MR) is 184 cm³/mol. The molecular weight excluding hydrogens is 586 g/mol. The lowest BCUT2D eigenvalue weighted by Crippen LogP contribution is -2.24. The van der Waals surface area contributed by atoms with Crippen molar-refractivity contribution >= 4 is 10.9 Å². The monoisotopic (exact) mass is 625 g/mol. The quantitative estimate of drug-likeness (QED) is 0.128. The van der Waals surface area contributed by atoms with Crippen LogP contribution < -0.4 is 14.2 Å². The van der Waals surface area contributed by atoms with E-state index in [0.29, 0.717) is 32.1 Å². The van der Waals surface area contributed by atoms with Crippen molar-refractivity contribution in [2.45, 2.75) is 52.9 Å². The van der Waals surface area contributed by atoms with Crippen LogP contribution in [0.1, 0.15) is 43.5 Å². The SMILES string of the molecule is CCCCn1c(-c2ccccc2)nc(-c2ccccc2)c1CN(Cc1ccc2c(c1)OCO2)Cc1ccc2c(OCC)ncnc2c1. The first-order valence-corrected chi connectivity index (χ1v) is 16.4. The van der Waals surface area contributed by atoms with Crippen LogP contribution in [0.2, 0.25) is 0 Å². The van der Waals surface area contributed by atoms with Gasteiger partial charge in [-0.15, -0.1) is 0 Å². The average Bonchev–Trinajstić information content (AvgIpc) is 3.72. The Bertz CT molecular complexity index is 1960. The van der Waals surface area contributed by atoms with Gasteiger partial charge in [-0.1, -0.05) is 86.1 Å². The van der Waals surface area contributed by atoms with Crippen LogP contribution in [0.4, 0.5) is 0 Å². The Hall–Kier alpha value is -5.21. The fourth-order valence-electron chi connectivity index (χ4n) is 6.20. The number of hydrogen-bond donors (Lipinski definition) is 0. The van der Waals surface area contributed by atoms with E-state index in [1.54, 1.807) is 6.33 Å². The van der Waals surface area contributed by atoms with Gasteiger partial charge >= 0.3 is 0 Å². The van der Waals surface area contributed by atoms with E-state index < -0.39 is 0 Å². The Labute approximate surface area is 275 Å². The van der Waals surface area contributed by atoms with Crippen molar-refractivity contribution in [3.8, 4) is 40.0 Å². The van der Waals surface area contributed by atoms with Crippen molar-refractivity contribution in [1.82, 2.24) is 24.4 Å². The number of imidazole rings is 1. The maximum Gasteiger partial charge on any atom is 0.231 e. The van der Waals surface area contributed by atoms with Gasteiger partial charge in [0.2, 0.25) is 12.7 Å². The molecule has 1 aliphatic rings. The molecule has 8 heteroatoms. The summed E-state index contributed by atoms with van der Waals surface area (Å²) in [7, 11) is 0. The molecule has 0 aliphatic carbocycles. The van der Waals surface area contributed by atoms with Gasteiger partial charge in [0.05, 0.1) is 28.9 Å². The molecular formula is C39H39N5O3. The molecule has 0 unspecified atom stereocenters. The minimum Gasteiger partial charge on any atom is -0.477 e. The molecule has 0 saturated heterocycles. The number of unbranched alkanes of at least 4 members (excludes halogenated alkanes) is 1. The molecule has 0 atom stereocenters. The molecule has 0 saturated carbocycles. The Morgan fingerprint density at radius 3 is 2.26 bits per heavy atom. The normalized spacial score (nSPS) is 12.2. The molecule has 0 N–H and O–H groups in total. The van der Waals surface area contributed by atoms with Crippen molar-refractivity contribution < 1.29 is 14.2 Å². The van der Waals surface area contributed by atoms with Gasteiger partial charge in [-0.3, -0.25) is 4.90 Å². The second-order valence-corrected chi connectivity index (χ2v) is 11.8. The molecule has 238 valence electrons. The van der Waals surface area contributed by atoms with Crippen LogP contribution >= 0.6 is 0 Å². The van der Waals surface area contributed by atoms with Crippen molar-refractivity contribution in [2.24, 2.45) is 0 Å². The van der Waals surface area contributed by atoms with Gasteiger partial charge in [-0.2, -0.15) is 0 Å². The number of nitrogens with zero attached hydrogens (tertiary/aromatic N) is 5. The zero-order valence-corrected chi connectivity index (χ0v) is 26.9. The molecule has 0 spiro atoms. The standard InChI is InChI=1S/C39H39N5O3/c1-3-5-20-44-34(37(30-12-8-6-9-13-30)42-38(44)31-14-10-7-11-15-31)25-43(24-29-17-19-35-36(22-29)47-27-46-35)23-28-16-18-32-33(21-28)40-26-41-39(32)45-4-2/h6-19,21-22,26H,3-5,20,23-25,27H2,1-2H3. The van der Waals surface area contributed by atoms with E-state index in [0.717, 1.165) is 75.6 Å². The third-order valence-corrected chi connectivity index (χ3v) is 8.46. The van der Waals surface area contributed by atoms with Crippen LogP contribution in [0.3, 0.4) is 0 Å². The summed E-state index contributed by atoms with van der Waals surface area (Å²) in [6.45, 7) is 8.00. The molecule has 0 amide bonds. The Balaban J connectivity index is 1.32. The number of fused-ring (bicyclic) bond motifs is 2. The predicted octanol–water partition coefficient (Wildman–Crippen LogP) is 8.29. The molecule has 2 aromatic heterocycles. The Morgan fingerprint density at radius 2 is 1.49 bits per heavy atom. The highest BCUT2D eigenvalue weighted by Crippen LogP contribution is 2.35. The first kappa shape index (κ1) is 30.4. The molecule has 4 aromatic carbocycles. The maximum atomic E-state index is 5.78. The highest BCUT2D eigenvalue weighted by atomic mass is 16.7. The summed E-state index contributed by atoms with van der Waals surface area (Å²) in [6.07, 6.45) is 3.73. The molecule has 7 rings (SSSR count). The minimum atomic E-state index is 0.254. The van der Waals surface area contributed by atoms with E-state index in [4.69, 9.17) is 19.2 Å². The van der Waals surface area contributed by atoms with E-state index in [2.05, 4.69) is 117 Å². The fourth-order valence-corrected chi connectivity index (χ4v) is 6.20. The summed E-state index contributed by atoms with van der Waals surface area (Å²) in [5, 5.41) is 0.914. The summed E-state index contributed by atoms with van der Waals surface area (Å²) < 4.78 is 19.6. The van der Waals surface area contributed by atoms with Crippen LogP contribution in [0.25, 0.3) is 33.5 Å². The smallest absolute Gasteiger partial charge is 0.231 e. The summed E-state index contributed by atoms with van der Waals surface area (Å²) in [5.41, 5.74) is 7.63. The average molecular weight is 626 g/mol. The fraction of sp³-hybridized carbons (Fsp3) is 0.256. The summed E-state index contributed by atoms with van der Waals surface area (Å²) in [6, 6.07) is 33.7. The highest BCUT2D eigenvalue weighted by molar-refractivity contribution is 5.83. The van der Waals surface area contributed by atoms with Gasteiger partial charge in [-0.25, -0.2) is 15.0 Å². The van der Waals surface area contributed by atoms with E-state index in [1.807, 2.05) is 13.0 Å². The molecule has 0 fully saturated rings. The molecule has 1 aliphatic heterocycles. The van der Waals surface area contributed by atoms with E-state index >= 15 is 0 Å². The molecule has 47 heavy (non-hydrogen) atoms. The third-order valence-electron chi connectivity index (χ3n) is 8.46. The minimum absolute atomic E-state index is 0.254. The highest BCUT2D eigenvalue weighted by Gasteiger charge is 2.23. The molecule has 3 heterocycles. The topological polar surface area (TPSA) is 74.5 Å². The van der Waals surface area contributed by atoms with Crippen LogP contribution in [0.5, 0.6) is 17.4 Å². The lowest BCUT2D eigenvalue weighted by Gasteiger charge is -2.25. The Morgan fingerprint density at radius 1 is 0.766 bits per heavy atom. The third kappa shape index (κ3) is 6.69. The van der Waals surface area contributed by atoms with Crippen LogP contribution in [0.15, 0.2) is 103 Å². The molecule has 6 aromatic rings. The number of aromatic nitrogens is 4. The lowest BCUT2D eigenvalue weighted by molar-refractivity contribution is 0.174. The van der Waals surface area contributed by atoms with E-state index in [9.17, 15) is 0 Å². The van der Waals surface area contributed by atoms with Crippen molar-refractivity contribution in [3.05, 3.63) is 120 Å². The summed E-state index contributed by atoms with van der Waals surface area (Å²) in [5.74, 6) is 3.19. The van der Waals surface area contributed by atoms with Crippen LogP contribution in [-0.2, 0) is 26.2 Å². The maximum absolute atomic E-state index is 5.78. The van der Waals surface area contributed by atoms with Crippen LogP contribution in [-0.4, -0.2) is 37.8 Å². The van der Waals surface area contributed by atoms with Gasteiger partial charge in [0.1, 0.15) is 12.2 Å². The Kier molecular flexibility index (Phi) is 9.10. The van der Waals surface area contributed by atoms with Gasteiger partial charge in [-0.05, 0) is 48.7 Å². The molecule has 8 nitrogen and oxygen atoms in total. The molecule has 0 radical (unpaired) electrons. The molecule has 0 bridgehead atoms.